The first-order valence-corrected chi connectivity index (χ1v) is 6.31. The second-order valence-corrected chi connectivity index (χ2v) is 4.62. The molecule has 0 radical (unpaired) electrons. The number of aryl methyl sites for hydroxylation is 1. The Morgan fingerprint density at radius 2 is 2.29 bits per heavy atom. The summed E-state index contributed by atoms with van der Waals surface area (Å²) in [5.74, 6) is -0.363. The lowest BCUT2D eigenvalue weighted by Crippen LogP contribution is -2.18. The molecule has 0 aliphatic carbocycles. The van der Waals surface area contributed by atoms with Crippen LogP contribution in [0.3, 0.4) is 0 Å². The highest BCUT2D eigenvalue weighted by atomic mass is 35.5. The van der Waals surface area contributed by atoms with Gasteiger partial charge in [-0.2, -0.15) is 10.2 Å². The van der Waals surface area contributed by atoms with Gasteiger partial charge in [-0.15, -0.1) is 0 Å². The molecule has 1 amide bonds. The molecular formula is C13H13ClN4O3. The van der Waals surface area contributed by atoms with Gasteiger partial charge in [-0.1, -0.05) is 11.6 Å². The molecule has 0 aliphatic rings. The molecule has 3 N–H and O–H groups in total. The third kappa shape index (κ3) is 3.51. The predicted molar refractivity (Wildman–Crippen MR) is 78.1 cm³/mol. The third-order valence-electron chi connectivity index (χ3n) is 2.60. The molecule has 1 aromatic carbocycles. The van der Waals surface area contributed by atoms with Gasteiger partial charge in [-0.25, -0.2) is 5.43 Å². The van der Waals surface area contributed by atoms with Crippen LogP contribution in [-0.4, -0.2) is 34.5 Å². The number of hydrogen-bond acceptors (Lipinski definition) is 5. The SMILES string of the molecule is COc1cc(Cl)cc(/C=N\NC(=O)c2cc(C)[nH]n2)c1O. The zero-order chi connectivity index (χ0) is 15.4. The van der Waals surface area contributed by atoms with Crippen molar-refractivity contribution >= 4 is 23.7 Å². The van der Waals surface area contributed by atoms with E-state index < -0.39 is 5.91 Å². The third-order valence-corrected chi connectivity index (χ3v) is 2.82. The van der Waals surface area contributed by atoms with Gasteiger partial charge in [0.05, 0.1) is 13.3 Å². The van der Waals surface area contributed by atoms with Crippen molar-refractivity contribution in [1.29, 1.82) is 0 Å². The summed E-state index contributed by atoms with van der Waals surface area (Å²) >= 11 is 5.89. The average Bonchev–Trinajstić information content (AvgIpc) is 2.88. The molecule has 0 fully saturated rings. The van der Waals surface area contributed by atoms with Crippen LogP contribution in [0, 0.1) is 6.92 Å². The minimum Gasteiger partial charge on any atom is -0.504 e. The molecule has 0 aliphatic heterocycles. The molecule has 110 valence electrons. The first-order valence-electron chi connectivity index (χ1n) is 5.93. The number of halogens is 1. The minimum atomic E-state index is -0.468. The number of phenolic OH excluding ortho intramolecular Hbond substituents is 1. The number of aromatic amines is 1. The topological polar surface area (TPSA) is 99.6 Å². The normalized spacial score (nSPS) is 10.8. The minimum absolute atomic E-state index is 0.115. The van der Waals surface area contributed by atoms with Crippen molar-refractivity contribution in [3.63, 3.8) is 0 Å². The van der Waals surface area contributed by atoms with Crippen LogP contribution in [-0.2, 0) is 0 Å². The number of nitrogens with zero attached hydrogens (tertiary/aromatic N) is 2. The van der Waals surface area contributed by atoms with Gasteiger partial charge < -0.3 is 9.84 Å². The Hall–Kier alpha value is -2.54. The highest BCUT2D eigenvalue weighted by Crippen LogP contribution is 2.32. The van der Waals surface area contributed by atoms with Crippen LogP contribution in [0.25, 0.3) is 0 Å². The number of hydrogen-bond donors (Lipinski definition) is 3. The predicted octanol–water partition coefficient (Wildman–Crippen LogP) is 1.85. The molecule has 0 atom stereocenters. The maximum Gasteiger partial charge on any atom is 0.291 e. The average molecular weight is 309 g/mol. The van der Waals surface area contributed by atoms with E-state index in [4.69, 9.17) is 16.3 Å². The van der Waals surface area contributed by atoms with Crippen LogP contribution in [0.2, 0.25) is 5.02 Å². The molecule has 0 bridgehead atoms. The van der Waals surface area contributed by atoms with Crippen molar-refractivity contribution in [2.24, 2.45) is 5.10 Å². The van der Waals surface area contributed by atoms with Crippen LogP contribution < -0.4 is 10.2 Å². The molecule has 2 rings (SSSR count). The molecule has 7 nitrogen and oxygen atoms in total. The van der Waals surface area contributed by atoms with E-state index in [1.165, 1.54) is 25.5 Å². The van der Waals surface area contributed by atoms with Gasteiger partial charge >= 0.3 is 0 Å². The van der Waals surface area contributed by atoms with Gasteiger partial charge in [0.2, 0.25) is 0 Å². The Morgan fingerprint density at radius 1 is 1.52 bits per heavy atom. The Labute approximate surface area is 125 Å². The van der Waals surface area contributed by atoms with E-state index in [-0.39, 0.29) is 17.2 Å². The molecule has 1 heterocycles. The summed E-state index contributed by atoms with van der Waals surface area (Å²) in [7, 11) is 1.41. The van der Waals surface area contributed by atoms with Crippen molar-refractivity contribution in [2.45, 2.75) is 6.92 Å². The maximum absolute atomic E-state index is 11.7. The summed E-state index contributed by atoms with van der Waals surface area (Å²) in [5, 5.41) is 20.5. The van der Waals surface area contributed by atoms with E-state index in [0.29, 0.717) is 10.6 Å². The number of rotatable bonds is 4. The van der Waals surface area contributed by atoms with E-state index in [0.717, 1.165) is 5.69 Å². The van der Waals surface area contributed by atoms with Gasteiger partial charge in [-0.05, 0) is 19.1 Å². The number of phenols is 1. The van der Waals surface area contributed by atoms with Crippen molar-refractivity contribution < 1.29 is 14.6 Å². The molecule has 0 unspecified atom stereocenters. The van der Waals surface area contributed by atoms with Crippen molar-refractivity contribution in [2.75, 3.05) is 7.11 Å². The Bertz CT molecular complexity index is 697. The summed E-state index contributed by atoms with van der Waals surface area (Å²) in [6.45, 7) is 1.78. The monoisotopic (exact) mass is 308 g/mol. The number of aromatic hydroxyl groups is 1. The van der Waals surface area contributed by atoms with E-state index in [1.54, 1.807) is 13.0 Å². The number of aromatic nitrogens is 2. The van der Waals surface area contributed by atoms with E-state index in [1.807, 2.05) is 0 Å². The number of amides is 1. The zero-order valence-corrected chi connectivity index (χ0v) is 12.1. The van der Waals surface area contributed by atoms with Crippen LogP contribution in [0.1, 0.15) is 21.7 Å². The number of methoxy groups -OCH3 is 1. The van der Waals surface area contributed by atoms with Crippen molar-refractivity contribution in [3.8, 4) is 11.5 Å². The van der Waals surface area contributed by atoms with Crippen molar-refractivity contribution in [3.05, 3.63) is 40.2 Å². The van der Waals surface area contributed by atoms with Crippen LogP contribution in [0.5, 0.6) is 11.5 Å². The largest absolute Gasteiger partial charge is 0.504 e. The van der Waals surface area contributed by atoms with E-state index >= 15 is 0 Å². The lowest BCUT2D eigenvalue weighted by atomic mass is 10.2. The second kappa shape index (κ2) is 6.27. The lowest BCUT2D eigenvalue weighted by Gasteiger charge is -2.06. The summed E-state index contributed by atoms with van der Waals surface area (Å²) < 4.78 is 4.97. The molecule has 21 heavy (non-hydrogen) atoms. The van der Waals surface area contributed by atoms with Gasteiger partial charge in [0, 0.05) is 22.3 Å². The summed E-state index contributed by atoms with van der Waals surface area (Å²) in [5.41, 5.74) is 3.60. The summed E-state index contributed by atoms with van der Waals surface area (Å²) in [4.78, 5) is 11.7. The first-order chi connectivity index (χ1) is 10.0. The molecule has 0 spiro atoms. The van der Waals surface area contributed by atoms with Crippen LogP contribution >= 0.6 is 11.6 Å². The molecule has 8 heteroatoms. The number of benzene rings is 1. The molecule has 1 aromatic heterocycles. The molecule has 0 saturated heterocycles. The van der Waals surface area contributed by atoms with E-state index in [9.17, 15) is 9.90 Å². The fourth-order valence-electron chi connectivity index (χ4n) is 1.60. The number of nitrogens with one attached hydrogen (secondary N) is 2. The highest BCUT2D eigenvalue weighted by Gasteiger charge is 2.10. The standard InChI is InChI=1S/C13H13ClN4O3/c1-7-3-10(17-16-7)13(20)18-15-6-8-4-9(14)5-11(21-2)12(8)19/h3-6,19H,1-2H3,(H,16,17)(H,18,20)/b15-6-. The van der Waals surface area contributed by atoms with Crippen LogP contribution in [0.4, 0.5) is 0 Å². The fraction of sp³-hybridized carbons (Fsp3) is 0.154. The number of carbonyl (C=O) groups excluding carboxylic acids is 1. The lowest BCUT2D eigenvalue weighted by molar-refractivity contribution is 0.0950. The number of H-pyrrole nitrogens is 1. The first kappa shape index (κ1) is 14.9. The summed E-state index contributed by atoms with van der Waals surface area (Å²) in [6.07, 6.45) is 1.27. The smallest absolute Gasteiger partial charge is 0.291 e. The van der Waals surface area contributed by atoms with Gasteiger partial charge in [0.25, 0.3) is 5.91 Å². The van der Waals surface area contributed by atoms with Gasteiger partial charge in [0.15, 0.2) is 17.2 Å². The molecule has 0 saturated carbocycles. The number of ether oxygens (including phenoxy) is 1. The van der Waals surface area contributed by atoms with Crippen LogP contribution in [0.15, 0.2) is 23.3 Å². The Morgan fingerprint density at radius 3 is 2.90 bits per heavy atom. The van der Waals surface area contributed by atoms with E-state index in [2.05, 4.69) is 20.7 Å². The quantitative estimate of drug-likeness (QED) is 0.593. The number of hydrazone groups is 1. The molecular weight excluding hydrogens is 296 g/mol. The number of carbonyl (C=O) groups is 1. The Balaban J connectivity index is 2.11. The zero-order valence-electron chi connectivity index (χ0n) is 11.3. The fourth-order valence-corrected chi connectivity index (χ4v) is 1.82. The van der Waals surface area contributed by atoms with Gasteiger partial charge in [-0.3, -0.25) is 9.89 Å². The Kier molecular flexibility index (Phi) is 4.44. The van der Waals surface area contributed by atoms with Crippen molar-refractivity contribution in [1.82, 2.24) is 15.6 Å². The highest BCUT2D eigenvalue weighted by molar-refractivity contribution is 6.31. The second-order valence-electron chi connectivity index (χ2n) is 4.18. The van der Waals surface area contributed by atoms with Gasteiger partial charge in [0.1, 0.15) is 0 Å². The molecule has 2 aromatic rings. The maximum atomic E-state index is 11.7. The summed E-state index contributed by atoms with van der Waals surface area (Å²) in [6, 6.07) is 4.55.